The van der Waals surface area contributed by atoms with Crippen molar-refractivity contribution in [3.05, 3.63) is 0 Å². The van der Waals surface area contributed by atoms with Crippen molar-refractivity contribution in [1.29, 1.82) is 0 Å². The summed E-state index contributed by atoms with van der Waals surface area (Å²) in [6, 6.07) is 0. The van der Waals surface area contributed by atoms with Crippen molar-refractivity contribution >= 4 is 0 Å². The Kier molecular flexibility index (Phi) is 26.0. The fraction of sp³-hybridized carbons (Fsp3) is 1.00. The summed E-state index contributed by atoms with van der Waals surface area (Å²) in [5.41, 5.74) is 0. The van der Waals surface area contributed by atoms with Crippen molar-refractivity contribution in [3.63, 3.8) is 0 Å². The molecule has 0 aliphatic heterocycles. The lowest BCUT2D eigenvalue weighted by atomic mass is 10.1. The van der Waals surface area contributed by atoms with Crippen molar-refractivity contribution in [3.8, 4) is 0 Å². The van der Waals surface area contributed by atoms with Crippen LogP contribution in [0.1, 0.15) is 60.3 Å². The van der Waals surface area contributed by atoms with E-state index < -0.39 is 0 Å². The Labute approximate surface area is 90.7 Å². The molecule has 0 aliphatic rings. The first kappa shape index (κ1) is 19.5. The van der Waals surface area contributed by atoms with Gasteiger partial charge in [-0.1, -0.05) is 40.5 Å². The van der Waals surface area contributed by atoms with Gasteiger partial charge in [0, 0.05) is 19.8 Å². The second kappa shape index (κ2) is 18.7. The molecule has 2 nitrogen and oxygen atoms in total. The predicted octanol–water partition coefficient (Wildman–Crippen LogP) is 3.63. The summed E-state index contributed by atoms with van der Waals surface area (Å²) in [5, 5.41) is 8.52. The SMILES string of the molecule is C.C.CCOCCCCCCCCO. The summed E-state index contributed by atoms with van der Waals surface area (Å²) in [6.45, 7) is 4.13. The van der Waals surface area contributed by atoms with Crippen LogP contribution in [0.2, 0.25) is 0 Å². The minimum absolute atomic E-state index is 0. The van der Waals surface area contributed by atoms with E-state index in [1.165, 1.54) is 32.1 Å². The molecule has 0 aromatic rings. The van der Waals surface area contributed by atoms with Crippen LogP contribution in [0.3, 0.4) is 0 Å². The van der Waals surface area contributed by atoms with Crippen LogP contribution in [0.15, 0.2) is 0 Å². The molecule has 2 heteroatoms. The van der Waals surface area contributed by atoms with E-state index >= 15 is 0 Å². The Morgan fingerprint density at radius 3 is 1.86 bits per heavy atom. The van der Waals surface area contributed by atoms with E-state index in [9.17, 15) is 0 Å². The topological polar surface area (TPSA) is 29.5 Å². The zero-order valence-electron chi connectivity index (χ0n) is 8.22. The van der Waals surface area contributed by atoms with Crippen molar-refractivity contribution in [2.24, 2.45) is 0 Å². The first-order chi connectivity index (χ1) is 5.91. The molecular weight excluding hydrogens is 176 g/mol. The molecule has 0 unspecified atom stereocenters. The lowest BCUT2D eigenvalue weighted by Gasteiger charge is -2.01. The average molecular weight is 206 g/mol. The normalized spacial score (nSPS) is 9.00. The molecule has 0 heterocycles. The smallest absolute Gasteiger partial charge is 0.0465 e. The van der Waals surface area contributed by atoms with Crippen LogP contribution in [0, 0.1) is 0 Å². The zero-order chi connectivity index (χ0) is 9.07. The minimum Gasteiger partial charge on any atom is -0.396 e. The van der Waals surface area contributed by atoms with E-state index in [2.05, 4.69) is 0 Å². The van der Waals surface area contributed by atoms with Gasteiger partial charge in [0.2, 0.25) is 0 Å². The number of unbranched alkanes of at least 4 members (excludes halogenated alkanes) is 5. The molecule has 0 fully saturated rings. The Morgan fingerprint density at radius 1 is 0.857 bits per heavy atom. The first-order valence-electron chi connectivity index (χ1n) is 5.10. The number of aliphatic hydroxyl groups excluding tert-OH is 1. The molecule has 14 heavy (non-hydrogen) atoms. The maximum atomic E-state index is 8.52. The minimum atomic E-state index is 0. The van der Waals surface area contributed by atoms with Crippen molar-refractivity contribution in [2.45, 2.75) is 60.3 Å². The van der Waals surface area contributed by atoms with Gasteiger partial charge in [0.1, 0.15) is 0 Å². The van der Waals surface area contributed by atoms with Crippen LogP contribution in [0.25, 0.3) is 0 Å². The number of rotatable bonds is 9. The summed E-state index contributed by atoms with van der Waals surface area (Å²) in [4.78, 5) is 0. The number of ether oxygens (including phenoxy) is 1. The fourth-order valence-electron chi connectivity index (χ4n) is 1.17. The molecule has 0 bridgehead atoms. The van der Waals surface area contributed by atoms with Crippen LogP contribution in [-0.2, 0) is 4.74 Å². The van der Waals surface area contributed by atoms with Gasteiger partial charge in [0.05, 0.1) is 0 Å². The van der Waals surface area contributed by atoms with Crippen molar-refractivity contribution in [1.82, 2.24) is 0 Å². The van der Waals surface area contributed by atoms with Gasteiger partial charge < -0.3 is 9.84 Å². The molecule has 0 amide bonds. The largest absolute Gasteiger partial charge is 0.396 e. The van der Waals surface area contributed by atoms with Crippen LogP contribution >= 0.6 is 0 Å². The Morgan fingerprint density at radius 2 is 1.36 bits per heavy atom. The summed E-state index contributed by atoms with van der Waals surface area (Å²) in [6.07, 6.45) is 7.13. The van der Waals surface area contributed by atoms with E-state index in [1.54, 1.807) is 0 Å². The van der Waals surface area contributed by atoms with Crippen molar-refractivity contribution in [2.75, 3.05) is 19.8 Å². The highest BCUT2D eigenvalue weighted by Gasteiger charge is 1.90. The zero-order valence-corrected chi connectivity index (χ0v) is 8.22. The van der Waals surface area contributed by atoms with Gasteiger partial charge in [-0.05, 0) is 19.8 Å². The highest BCUT2D eigenvalue weighted by molar-refractivity contribution is 4.44. The fourth-order valence-corrected chi connectivity index (χ4v) is 1.17. The highest BCUT2D eigenvalue weighted by atomic mass is 16.5. The summed E-state index contributed by atoms with van der Waals surface area (Å²) in [5.74, 6) is 0. The van der Waals surface area contributed by atoms with Gasteiger partial charge in [0.15, 0.2) is 0 Å². The molecule has 0 aromatic heterocycles. The number of aliphatic hydroxyl groups is 1. The van der Waals surface area contributed by atoms with Crippen LogP contribution in [0.5, 0.6) is 0 Å². The molecule has 0 aromatic carbocycles. The molecule has 0 radical (unpaired) electrons. The van der Waals surface area contributed by atoms with Gasteiger partial charge in [0.25, 0.3) is 0 Å². The predicted molar refractivity (Wildman–Crippen MR) is 64.7 cm³/mol. The van der Waals surface area contributed by atoms with Crippen LogP contribution in [0.4, 0.5) is 0 Å². The summed E-state index contributed by atoms with van der Waals surface area (Å²) in [7, 11) is 0. The maximum Gasteiger partial charge on any atom is 0.0465 e. The van der Waals surface area contributed by atoms with Gasteiger partial charge in [-0.3, -0.25) is 0 Å². The second-order valence-corrected chi connectivity index (χ2v) is 3.04. The molecular formula is C12H30O2. The van der Waals surface area contributed by atoms with E-state index in [0.29, 0.717) is 6.61 Å². The molecule has 0 saturated heterocycles. The number of hydrogen-bond donors (Lipinski definition) is 1. The summed E-state index contributed by atoms with van der Waals surface area (Å²) < 4.78 is 5.22. The van der Waals surface area contributed by atoms with E-state index in [1.807, 2.05) is 6.92 Å². The highest BCUT2D eigenvalue weighted by Crippen LogP contribution is 2.04. The van der Waals surface area contributed by atoms with E-state index in [0.717, 1.165) is 19.6 Å². The average Bonchev–Trinajstić information content (AvgIpc) is 2.10. The third-order valence-electron chi connectivity index (χ3n) is 1.90. The Bertz CT molecular complexity index is 64.7. The molecule has 0 spiro atoms. The van der Waals surface area contributed by atoms with Crippen molar-refractivity contribution < 1.29 is 9.84 Å². The van der Waals surface area contributed by atoms with E-state index in [-0.39, 0.29) is 14.9 Å². The van der Waals surface area contributed by atoms with Gasteiger partial charge in [-0.25, -0.2) is 0 Å². The quantitative estimate of drug-likeness (QED) is 0.584. The van der Waals surface area contributed by atoms with Crippen LogP contribution < -0.4 is 0 Å². The molecule has 0 atom stereocenters. The molecule has 0 aliphatic carbocycles. The number of hydrogen-bond acceptors (Lipinski definition) is 2. The Hall–Kier alpha value is -0.0800. The first-order valence-corrected chi connectivity index (χ1v) is 5.10. The summed E-state index contributed by atoms with van der Waals surface area (Å²) >= 11 is 0. The molecule has 0 rings (SSSR count). The molecule has 90 valence electrons. The van der Waals surface area contributed by atoms with Gasteiger partial charge in [-0.2, -0.15) is 0 Å². The van der Waals surface area contributed by atoms with E-state index in [4.69, 9.17) is 9.84 Å². The lowest BCUT2D eigenvalue weighted by molar-refractivity contribution is 0.143. The van der Waals surface area contributed by atoms with Gasteiger partial charge in [-0.15, -0.1) is 0 Å². The third-order valence-corrected chi connectivity index (χ3v) is 1.90. The monoisotopic (exact) mass is 206 g/mol. The van der Waals surface area contributed by atoms with Gasteiger partial charge >= 0.3 is 0 Å². The second-order valence-electron chi connectivity index (χ2n) is 3.04. The standard InChI is InChI=1S/C10H22O2.2CH4/c1-2-12-10-8-6-4-3-5-7-9-11;;/h11H,2-10H2,1H3;2*1H4. The van der Waals surface area contributed by atoms with Crippen LogP contribution in [-0.4, -0.2) is 24.9 Å². The lowest BCUT2D eigenvalue weighted by Crippen LogP contribution is -1.93. The third kappa shape index (κ3) is 17.9. The maximum absolute atomic E-state index is 8.52. The molecule has 1 N–H and O–H groups in total. The molecule has 0 saturated carbocycles. The Balaban J connectivity index is -0.000000605.